The van der Waals surface area contributed by atoms with Gasteiger partial charge < -0.3 is 15.7 Å². The maximum absolute atomic E-state index is 12.5. The molecule has 1 aromatic heterocycles. The summed E-state index contributed by atoms with van der Waals surface area (Å²) in [5.41, 5.74) is 0.901. The maximum Gasteiger partial charge on any atom is 0.315 e. The number of benzene rings is 2. The van der Waals surface area contributed by atoms with Crippen LogP contribution in [-0.4, -0.2) is 17.7 Å². The number of carbonyl (C=O) groups excluding carboxylic acids is 1. The predicted octanol–water partition coefficient (Wildman–Crippen LogP) is 4.04. The van der Waals surface area contributed by atoms with Gasteiger partial charge in [-0.05, 0) is 29.5 Å². The molecule has 0 bridgehead atoms. The topological polar surface area (TPSA) is 61.4 Å². The largest absolute Gasteiger partial charge is 0.383 e. The summed E-state index contributed by atoms with van der Waals surface area (Å²) in [7, 11) is 0. The van der Waals surface area contributed by atoms with Crippen molar-refractivity contribution in [2.75, 3.05) is 6.54 Å². The Hall–Kier alpha value is -2.63. The SMILES string of the molecule is CC(O)(CNC(=O)NC(c1ccccc1)c1ccccc1)c1cccs1. The van der Waals surface area contributed by atoms with Crippen molar-refractivity contribution in [1.29, 1.82) is 0 Å². The van der Waals surface area contributed by atoms with Gasteiger partial charge in [-0.2, -0.15) is 0 Å². The van der Waals surface area contributed by atoms with Crippen molar-refractivity contribution >= 4 is 17.4 Å². The number of hydrogen-bond acceptors (Lipinski definition) is 3. The zero-order valence-electron chi connectivity index (χ0n) is 14.6. The second-order valence-corrected chi connectivity index (χ2v) is 7.28. The highest BCUT2D eigenvalue weighted by atomic mass is 32.1. The molecule has 4 nitrogen and oxygen atoms in total. The second kappa shape index (κ2) is 8.17. The van der Waals surface area contributed by atoms with Gasteiger partial charge in [-0.3, -0.25) is 0 Å². The van der Waals surface area contributed by atoms with Crippen LogP contribution in [0.2, 0.25) is 0 Å². The summed E-state index contributed by atoms with van der Waals surface area (Å²) >= 11 is 1.47. The highest BCUT2D eigenvalue weighted by molar-refractivity contribution is 7.10. The minimum atomic E-state index is -1.10. The fraction of sp³-hybridized carbons (Fsp3) is 0.190. The highest BCUT2D eigenvalue weighted by Gasteiger charge is 2.25. The average Bonchev–Trinajstić information content (AvgIpc) is 3.22. The van der Waals surface area contributed by atoms with Gasteiger partial charge in [0, 0.05) is 4.88 Å². The second-order valence-electron chi connectivity index (χ2n) is 6.33. The first-order chi connectivity index (χ1) is 12.6. The van der Waals surface area contributed by atoms with E-state index in [9.17, 15) is 9.90 Å². The third-order valence-electron chi connectivity index (χ3n) is 4.19. The number of thiophene rings is 1. The number of carbonyl (C=O) groups is 1. The number of urea groups is 1. The lowest BCUT2D eigenvalue weighted by atomic mass is 9.99. The molecule has 3 rings (SSSR count). The summed E-state index contributed by atoms with van der Waals surface area (Å²) in [6.07, 6.45) is 0. The van der Waals surface area contributed by atoms with Crippen molar-refractivity contribution in [3.63, 3.8) is 0 Å². The highest BCUT2D eigenvalue weighted by Crippen LogP contribution is 2.25. The van der Waals surface area contributed by atoms with Crippen molar-refractivity contribution < 1.29 is 9.90 Å². The van der Waals surface area contributed by atoms with Crippen LogP contribution in [0.15, 0.2) is 78.2 Å². The molecule has 0 spiro atoms. The number of hydrogen-bond donors (Lipinski definition) is 3. The zero-order chi connectivity index (χ0) is 18.4. The van der Waals surface area contributed by atoms with E-state index in [1.165, 1.54) is 11.3 Å². The van der Waals surface area contributed by atoms with Crippen molar-refractivity contribution in [2.24, 2.45) is 0 Å². The Morgan fingerprint density at radius 2 is 1.58 bits per heavy atom. The molecule has 5 heteroatoms. The first-order valence-corrected chi connectivity index (χ1v) is 9.35. The normalized spacial score (nSPS) is 13.2. The lowest BCUT2D eigenvalue weighted by Gasteiger charge is -2.24. The third kappa shape index (κ3) is 4.50. The molecule has 0 aliphatic heterocycles. The lowest BCUT2D eigenvalue weighted by molar-refractivity contribution is 0.0630. The van der Waals surface area contributed by atoms with Crippen LogP contribution in [0.25, 0.3) is 0 Å². The van der Waals surface area contributed by atoms with Gasteiger partial charge in [0.15, 0.2) is 0 Å². The Balaban J connectivity index is 1.70. The van der Waals surface area contributed by atoms with E-state index in [4.69, 9.17) is 0 Å². The van der Waals surface area contributed by atoms with Crippen LogP contribution >= 0.6 is 11.3 Å². The summed E-state index contributed by atoms with van der Waals surface area (Å²) in [5.74, 6) is 0. The number of rotatable bonds is 6. The Morgan fingerprint density at radius 3 is 2.08 bits per heavy atom. The minimum Gasteiger partial charge on any atom is -0.383 e. The van der Waals surface area contributed by atoms with Gasteiger partial charge in [0.2, 0.25) is 0 Å². The molecule has 0 saturated carbocycles. The van der Waals surface area contributed by atoms with Crippen LogP contribution in [0.5, 0.6) is 0 Å². The van der Waals surface area contributed by atoms with E-state index in [1.807, 2.05) is 78.2 Å². The maximum atomic E-state index is 12.5. The van der Waals surface area contributed by atoms with Crippen molar-refractivity contribution in [3.8, 4) is 0 Å². The Morgan fingerprint density at radius 1 is 1.00 bits per heavy atom. The molecule has 0 saturated heterocycles. The molecular weight excluding hydrogens is 344 g/mol. The molecule has 0 radical (unpaired) electrons. The molecule has 26 heavy (non-hydrogen) atoms. The molecule has 1 heterocycles. The zero-order valence-corrected chi connectivity index (χ0v) is 15.4. The van der Waals surface area contributed by atoms with Gasteiger partial charge in [0.25, 0.3) is 0 Å². The third-order valence-corrected chi connectivity index (χ3v) is 5.31. The molecule has 0 aliphatic carbocycles. The molecule has 1 atom stereocenters. The van der Waals surface area contributed by atoms with Crippen molar-refractivity contribution in [3.05, 3.63) is 94.2 Å². The molecule has 3 aromatic rings. The Kier molecular flexibility index (Phi) is 5.71. The van der Waals surface area contributed by atoms with Gasteiger partial charge in [0.1, 0.15) is 5.60 Å². The molecule has 1 unspecified atom stereocenters. The van der Waals surface area contributed by atoms with Gasteiger partial charge in [-0.25, -0.2) is 4.79 Å². The molecule has 3 N–H and O–H groups in total. The molecule has 0 aliphatic rings. The molecule has 134 valence electrons. The molecule has 0 fully saturated rings. The summed E-state index contributed by atoms with van der Waals surface area (Å²) < 4.78 is 0. The van der Waals surface area contributed by atoms with E-state index in [-0.39, 0.29) is 18.6 Å². The van der Waals surface area contributed by atoms with E-state index in [2.05, 4.69) is 10.6 Å². The standard InChI is InChI=1S/C21H22N2O2S/c1-21(25,18-13-8-14-26-18)15-22-20(24)23-19(16-9-4-2-5-10-16)17-11-6-3-7-12-17/h2-14,19,25H,15H2,1H3,(H2,22,23,24). The van der Waals surface area contributed by atoms with Crippen LogP contribution < -0.4 is 10.6 Å². The van der Waals surface area contributed by atoms with Crippen molar-refractivity contribution in [2.45, 2.75) is 18.6 Å². The summed E-state index contributed by atoms with van der Waals surface area (Å²) in [6.45, 7) is 1.83. The smallest absolute Gasteiger partial charge is 0.315 e. The van der Waals surface area contributed by atoms with E-state index in [1.54, 1.807) is 6.92 Å². The van der Waals surface area contributed by atoms with Gasteiger partial charge in [0.05, 0.1) is 12.6 Å². The molecule has 2 aromatic carbocycles. The number of aliphatic hydroxyl groups is 1. The lowest BCUT2D eigenvalue weighted by Crippen LogP contribution is -2.44. The van der Waals surface area contributed by atoms with Crippen molar-refractivity contribution in [1.82, 2.24) is 10.6 Å². The first kappa shape index (κ1) is 18.2. The fourth-order valence-electron chi connectivity index (χ4n) is 2.76. The summed E-state index contributed by atoms with van der Waals surface area (Å²) in [6, 6.07) is 22.8. The van der Waals surface area contributed by atoms with Crippen LogP contribution in [0, 0.1) is 0 Å². The quantitative estimate of drug-likeness (QED) is 0.616. The predicted molar refractivity (Wildman–Crippen MR) is 105 cm³/mol. The first-order valence-electron chi connectivity index (χ1n) is 8.47. The minimum absolute atomic E-state index is 0.135. The van der Waals surface area contributed by atoms with Crippen LogP contribution in [0.4, 0.5) is 4.79 Å². The van der Waals surface area contributed by atoms with Gasteiger partial charge >= 0.3 is 6.03 Å². The van der Waals surface area contributed by atoms with Crippen LogP contribution in [0.1, 0.15) is 29.0 Å². The number of nitrogens with one attached hydrogen (secondary N) is 2. The summed E-state index contributed by atoms with van der Waals surface area (Å²) in [4.78, 5) is 13.3. The van der Waals surface area contributed by atoms with Gasteiger partial charge in [-0.15, -0.1) is 11.3 Å². The molecule has 2 amide bonds. The Labute approximate surface area is 157 Å². The summed E-state index contributed by atoms with van der Waals surface area (Å²) in [5, 5.41) is 18.3. The fourth-order valence-corrected chi connectivity index (χ4v) is 3.54. The van der Waals surface area contributed by atoms with E-state index < -0.39 is 5.60 Å². The monoisotopic (exact) mass is 366 g/mol. The van der Waals surface area contributed by atoms with E-state index in [0.29, 0.717) is 0 Å². The Bertz CT molecular complexity index is 778. The van der Waals surface area contributed by atoms with Crippen LogP contribution in [-0.2, 0) is 5.60 Å². The number of amides is 2. The average molecular weight is 366 g/mol. The molecular formula is C21H22N2O2S. The van der Waals surface area contributed by atoms with E-state index in [0.717, 1.165) is 16.0 Å². The van der Waals surface area contributed by atoms with E-state index >= 15 is 0 Å². The van der Waals surface area contributed by atoms with Gasteiger partial charge in [-0.1, -0.05) is 66.7 Å². The van der Waals surface area contributed by atoms with Crippen LogP contribution in [0.3, 0.4) is 0 Å².